The number of alkyl halides is 5. The molecule has 0 saturated heterocycles. The number of nitrogens with one attached hydrogen (secondary N) is 2. The third-order valence-electron chi connectivity index (χ3n) is 1.99. The van der Waals surface area contributed by atoms with E-state index in [-0.39, 0.29) is 17.0 Å². The zero-order valence-electron chi connectivity index (χ0n) is 9.83. The van der Waals surface area contributed by atoms with Gasteiger partial charge in [0.05, 0.1) is 5.56 Å². The summed E-state index contributed by atoms with van der Waals surface area (Å²) in [6.07, 6.45) is -4.82. The minimum Gasteiger partial charge on any atom is -0.417 e. The summed E-state index contributed by atoms with van der Waals surface area (Å²) >= 11 is 3.52. The maximum Gasteiger partial charge on any atom is 0.435 e. The Morgan fingerprint density at radius 3 is 2.45 bits per heavy atom. The summed E-state index contributed by atoms with van der Waals surface area (Å²) in [4.78, 5) is 0. The van der Waals surface area contributed by atoms with E-state index in [1.54, 1.807) is 0 Å². The molecule has 0 spiro atoms. The molecule has 1 aromatic heterocycles. The maximum atomic E-state index is 12.7. The number of amidine groups is 1. The molecular formula is C8H10BrF5N4OS. The molecule has 0 unspecified atom stereocenters. The topological polar surface area (TPSA) is 62.9 Å². The smallest absolute Gasteiger partial charge is 0.417 e. The van der Waals surface area contributed by atoms with Crippen molar-refractivity contribution < 1.29 is 26.7 Å². The van der Waals surface area contributed by atoms with Gasteiger partial charge in [-0.2, -0.15) is 27.1 Å². The summed E-state index contributed by atoms with van der Waals surface area (Å²) in [5, 5.41) is 11.8. The molecule has 0 radical (unpaired) electrons. The van der Waals surface area contributed by atoms with E-state index in [4.69, 9.17) is 5.41 Å². The second-order valence-electron chi connectivity index (χ2n) is 3.33. The molecule has 20 heavy (non-hydrogen) atoms. The first-order chi connectivity index (χ1) is 8.62. The number of halogens is 6. The first-order valence-electron chi connectivity index (χ1n) is 4.72. The maximum absolute atomic E-state index is 12.7. The SMILES string of the molecule is Br.Cn1nc(C(F)(F)F)c(CNC(=N)S)c1OC(F)F. The van der Waals surface area contributed by atoms with E-state index >= 15 is 0 Å². The number of ether oxygens (including phenoxy) is 1. The molecule has 0 saturated carbocycles. The molecule has 0 aliphatic carbocycles. The van der Waals surface area contributed by atoms with Gasteiger partial charge < -0.3 is 10.1 Å². The standard InChI is InChI=1S/C8H9F5N4OS.BrH/c1-17-5(18-6(9)10)3(2-15-7(14)19)4(16-17)8(11,12)13;/h6H,2H2,1H3,(H3,14,15,19);1H. The minimum absolute atomic E-state index is 0. The molecule has 1 rings (SSSR count). The van der Waals surface area contributed by atoms with Gasteiger partial charge in [0.15, 0.2) is 10.9 Å². The number of aryl methyl sites for hydroxylation is 1. The quantitative estimate of drug-likeness (QED) is 0.323. The fourth-order valence-electron chi connectivity index (χ4n) is 1.34. The predicted molar refractivity (Wildman–Crippen MR) is 68.7 cm³/mol. The fraction of sp³-hybridized carbons (Fsp3) is 0.500. The van der Waals surface area contributed by atoms with Gasteiger partial charge in [-0.1, -0.05) is 0 Å². The lowest BCUT2D eigenvalue weighted by atomic mass is 10.2. The van der Waals surface area contributed by atoms with Gasteiger partial charge in [0, 0.05) is 13.6 Å². The molecule has 2 N–H and O–H groups in total. The molecule has 116 valence electrons. The Morgan fingerprint density at radius 2 is 2.05 bits per heavy atom. The molecule has 0 bridgehead atoms. The van der Waals surface area contributed by atoms with Crippen LogP contribution in [0.2, 0.25) is 0 Å². The minimum atomic E-state index is -4.82. The second kappa shape index (κ2) is 7.11. The van der Waals surface area contributed by atoms with Gasteiger partial charge in [0.1, 0.15) is 0 Å². The van der Waals surface area contributed by atoms with Gasteiger partial charge in [-0.25, -0.2) is 4.68 Å². The van der Waals surface area contributed by atoms with E-state index in [9.17, 15) is 22.0 Å². The summed E-state index contributed by atoms with van der Waals surface area (Å²) in [5.41, 5.74) is -1.97. The molecule has 0 aliphatic rings. The van der Waals surface area contributed by atoms with Crippen LogP contribution >= 0.6 is 29.6 Å². The van der Waals surface area contributed by atoms with E-state index < -0.39 is 41.6 Å². The lowest BCUT2D eigenvalue weighted by molar-refractivity contribution is -0.142. The van der Waals surface area contributed by atoms with Crippen molar-refractivity contribution in [3.63, 3.8) is 0 Å². The number of aromatic nitrogens is 2. The van der Waals surface area contributed by atoms with Crippen LogP contribution in [0.4, 0.5) is 22.0 Å². The van der Waals surface area contributed by atoms with Crippen LogP contribution in [0.25, 0.3) is 0 Å². The predicted octanol–water partition coefficient (Wildman–Crippen LogP) is 2.57. The van der Waals surface area contributed by atoms with E-state index in [1.807, 2.05) is 0 Å². The molecule has 1 aromatic rings. The highest BCUT2D eigenvalue weighted by Gasteiger charge is 2.39. The summed E-state index contributed by atoms with van der Waals surface area (Å²) < 4.78 is 67.0. The average Bonchev–Trinajstić information content (AvgIpc) is 2.52. The van der Waals surface area contributed by atoms with Gasteiger partial charge in [-0.15, -0.1) is 29.6 Å². The number of nitrogens with zero attached hydrogens (tertiary/aromatic N) is 2. The Balaban J connectivity index is 0.00000361. The van der Waals surface area contributed by atoms with Crippen molar-refractivity contribution in [1.29, 1.82) is 5.41 Å². The average molecular weight is 385 g/mol. The highest BCUT2D eigenvalue weighted by atomic mass is 79.9. The second-order valence-corrected chi connectivity index (χ2v) is 3.78. The van der Waals surface area contributed by atoms with Gasteiger partial charge in [0.2, 0.25) is 5.88 Å². The van der Waals surface area contributed by atoms with Crippen LogP contribution in [0.5, 0.6) is 5.88 Å². The van der Waals surface area contributed by atoms with Crippen LogP contribution in [0.1, 0.15) is 11.3 Å². The molecule has 12 heteroatoms. The summed E-state index contributed by atoms with van der Waals surface area (Å²) in [7, 11) is 1.04. The Kier molecular flexibility index (Phi) is 6.74. The number of rotatable bonds is 4. The van der Waals surface area contributed by atoms with Crippen LogP contribution < -0.4 is 10.1 Å². The van der Waals surface area contributed by atoms with Crippen molar-refractivity contribution in [2.45, 2.75) is 19.3 Å². The van der Waals surface area contributed by atoms with Gasteiger partial charge >= 0.3 is 12.8 Å². The number of thiol groups is 1. The van der Waals surface area contributed by atoms with E-state index in [1.165, 1.54) is 0 Å². The Morgan fingerprint density at radius 1 is 1.50 bits per heavy atom. The molecule has 0 aliphatic heterocycles. The highest BCUT2D eigenvalue weighted by Crippen LogP contribution is 2.35. The van der Waals surface area contributed by atoms with Crippen molar-refractivity contribution in [3.8, 4) is 5.88 Å². The lowest BCUT2D eigenvalue weighted by Crippen LogP contribution is -2.20. The monoisotopic (exact) mass is 384 g/mol. The van der Waals surface area contributed by atoms with Crippen molar-refractivity contribution in [2.24, 2.45) is 7.05 Å². The van der Waals surface area contributed by atoms with Crippen LogP contribution in [0.15, 0.2) is 0 Å². The molecule has 1 heterocycles. The number of hydrogen-bond acceptors (Lipinski definition) is 3. The van der Waals surface area contributed by atoms with Crippen molar-refractivity contribution in [3.05, 3.63) is 11.3 Å². The van der Waals surface area contributed by atoms with Crippen LogP contribution in [0, 0.1) is 5.41 Å². The summed E-state index contributed by atoms with van der Waals surface area (Å²) in [6, 6.07) is 0. The Bertz CT molecular complexity index is 478. The van der Waals surface area contributed by atoms with Crippen molar-refractivity contribution in [1.82, 2.24) is 15.1 Å². The molecule has 0 aromatic carbocycles. The number of hydrogen-bond donors (Lipinski definition) is 3. The van der Waals surface area contributed by atoms with Crippen LogP contribution in [-0.2, 0) is 19.8 Å². The zero-order chi connectivity index (χ0) is 14.8. The van der Waals surface area contributed by atoms with E-state index in [0.717, 1.165) is 7.05 Å². The van der Waals surface area contributed by atoms with E-state index in [0.29, 0.717) is 4.68 Å². The third-order valence-corrected chi connectivity index (χ3v) is 2.15. The highest BCUT2D eigenvalue weighted by molar-refractivity contribution is 8.93. The molecule has 0 atom stereocenters. The van der Waals surface area contributed by atoms with E-state index in [2.05, 4.69) is 27.8 Å². The zero-order valence-corrected chi connectivity index (χ0v) is 12.4. The summed E-state index contributed by atoms with van der Waals surface area (Å²) in [5.74, 6) is -0.718. The van der Waals surface area contributed by atoms with Gasteiger partial charge in [0.25, 0.3) is 0 Å². The Hall–Kier alpha value is -1.04. The normalized spacial score (nSPS) is 11.2. The lowest BCUT2D eigenvalue weighted by Gasteiger charge is -2.10. The van der Waals surface area contributed by atoms with Gasteiger partial charge in [-0.05, 0) is 0 Å². The van der Waals surface area contributed by atoms with Crippen molar-refractivity contribution >= 4 is 34.8 Å². The molecule has 5 nitrogen and oxygen atoms in total. The molecular weight excluding hydrogens is 375 g/mol. The van der Waals surface area contributed by atoms with Crippen LogP contribution in [0.3, 0.4) is 0 Å². The Labute approximate surface area is 126 Å². The fourth-order valence-corrected chi connectivity index (χ4v) is 1.42. The van der Waals surface area contributed by atoms with Gasteiger partial charge in [-0.3, -0.25) is 5.41 Å². The summed E-state index contributed by atoms with van der Waals surface area (Å²) in [6.45, 7) is -3.85. The first-order valence-corrected chi connectivity index (χ1v) is 5.17. The third kappa shape index (κ3) is 4.81. The van der Waals surface area contributed by atoms with Crippen LogP contribution in [-0.4, -0.2) is 21.6 Å². The molecule has 0 fully saturated rings. The molecule has 0 amide bonds. The van der Waals surface area contributed by atoms with Crippen molar-refractivity contribution in [2.75, 3.05) is 0 Å². The first kappa shape index (κ1) is 19.0. The largest absolute Gasteiger partial charge is 0.435 e.